The largest absolute Gasteiger partial charge is 0.392 e. The summed E-state index contributed by atoms with van der Waals surface area (Å²) in [6.45, 7) is 2.42. The first-order valence-electron chi connectivity index (χ1n) is 4.80. The van der Waals surface area contributed by atoms with E-state index in [-0.39, 0.29) is 11.9 Å². The van der Waals surface area contributed by atoms with Crippen molar-refractivity contribution in [1.82, 2.24) is 10.3 Å². The molecule has 0 bridgehead atoms. The topological polar surface area (TPSA) is 74.2 Å². The summed E-state index contributed by atoms with van der Waals surface area (Å²) in [5, 5.41) is 15.5. The third-order valence-electron chi connectivity index (χ3n) is 2.28. The van der Waals surface area contributed by atoms with Crippen LogP contribution in [0.1, 0.15) is 11.3 Å². The van der Waals surface area contributed by atoms with E-state index in [4.69, 9.17) is 0 Å². The summed E-state index contributed by atoms with van der Waals surface area (Å²) >= 11 is 1.44. The van der Waals surface area contributed by atoms with Crippen LogP contribution in [0.15, 0.2) is 6.20 Å². The number of nitrogens with zero attached hydrogens (tertiary/aromatic N) is 1. The fourth-order valence-corrected chi connectivity index (χ4v) is 2.19. The molecule has 2 heterocycles. The van der Waals surface area contributed by atoms with Crippen molar-refractivity contribution in [3.8, 4) is 0 Å². The molecule has 1 aliphatic rings. The van der Waals surface area contributed by atoms with Crippen molar-refractivity contribution in [3.05, 3.63) is 11.1 Å². The summed E-state index contributed by atoms with van der Waals surface area (Å²) in [5.41, 5.74) is 0. The first-order valence-corrected chi connectivity index (χ1v) is 5.61. The Morgan fingerprint density at radius 3 is 3.13 bits per heavy atom. The smallest absolute Gasteiger partial charge is 0.243 e. The van der Waals surface area contributed by atoms with Crippen LogP contribution in [0.3, 0.4) is 0 Å². The second-order valence-electron chi connectivity index (χ2n) is 3.62. The van der Waals surface area contributed by atoms with Gasteiger partial charge in [-0.05, 0) is 13.3 Å². The summed E-state index contributed by atoms with van der Waals surface area (Å²) in [6.07, 6.45) is 1.77. The number of carbonyl (C=O) groups is 1. The van der Waals surface area contributed by atoms with Crippen molar-refractivity contribution in [2.45, 2.75) is 25.5 Å². The fraction of sp³-hybridized carbons (Fsp3) is 0.556. The van der Waals surface area contributed by atoms with Crippen molar-refractivity contribution in [2.75, 3.05) is 11.9 Å². The molecule has 0 saturated carbocycles. The number of aryl methyl sites for hydroxylation is 1. The SMILES string of the molecule is Cc1cnc(NC(=O)[C@@H]2C[C@H](O)CN2)s1. The van der Waals surface area contributed by atoms with E-state index >= 15 is 0 Å². The van der Waals surface area contributed by atoms with Crippen molar-refractivity contribution >= 4 is 22.4 Å². The lowest BCUT2D eigenvalue weighted by molar-refractivity contribution is -0.117. The second kappa shape index (κ2) is 4.26. The minimum atomic E-state index is -0.418. The quantitative estimate of drug-likeness (QED) is 0.670. The normalized spacial score (nSPS) is 25.5. The summed E-state index contributed by atoms with van der Waals surface area (Å²) in [6, 6.07) is -0.302. The average Bonchev–Trinajstić information content (AvgIpc) is 2.75. The van der Waals surface area contributed by atoms with Gasteiger partial charge in [-0.1, -0.05) is 0 Å². The lowest BCUT2D eigenvalue weighted by Gasteiger charge is -2.08. The molecule has 15 heavy (non-hydrogen) atoms. The number of aliphatic hydroxyl groups excluding tert-OH is 1. The highest BCUT2D eigenvalue weighted by atomic mass is 32.1. The zero-order valence-electron chi connectivity index (χ0n) is 8.36. The molecule has 1 aromatic heterocycles. The first kappa shape index (κ1) is 10.5. The summed E-state index contributed by atoms with van der Waals surface area (Å²) in [4.78, 5) is 16.8. The molecular weight excluding hydrogens is 214 g/mol. The summed E-state index contributed by atoms with van der Waals surface area (Å²) < 4.78 is 0. The molecule has 82 valence electrons. The number of hydrogen-bond donors (Lipinski definition) is 3. The van der Waals surface area contributed by atoms with Crippen LogP contribution in [0.5, 0.6) is 0 Å². The van der Waals surface area contributed by atoms with E-state index < -0.39 is 6.10 Å². The molecule has 1 aliphatic heterocycles. The Balaban J connectivity index is 1.92. The van der Waals surface area contributed by atoms with Crippen molar-refractivity contribution in [1.29, 1.82) is 0 Å². The van der Waals surface area contributed by atoms with Crippen molar-refractivity contribution in [3.63, 3.8) is 0 Å². The van der Waals surface area contributed by atoms with Gasteiger partial charge in [0.1, 0.15) is 0 Å². The maximum atomic E-state index is 11.7. The standard InChI is InChI=1S/C9H13N3O2S/c1-5-3-11-9(15-5)12-8(14)7-2-6(13)4-10-7/h3,6-7,10,13H,2,4H2,1H3,(H,11,12,14)/t6-,7-/m0/s1. The van der Waals surface area contributed by atoms with Crippen LogP contribution < -0.4 is 10.6 Å². The fourth-order valence-electron chi connectivity index (χ4n) is 1.52. The van der Waals surface area contributed by atoms with E-state index in [9.17, 15) is 9.90 Å². The predicted octanol–water partition coefficient (Wildman–Crippen LogP) is 0.113. The Bertz CT molecular complexity index is 366. The van der Waals surface area contributed by atoms with Gasteiger partial charge in [-0.3, -0.25) is 4.79 Å². The first-order chi connectivity index (χ1) is 7.15. The number of anilines is 1. The number of amides is 1. The number of carbonyl (C=O) groups excluding carboxylic acids is 1. The van der Waals surface area contributed by atoms with Crippen LogP contribution in [0, 0.1) is 6.92 Å². The molecule has 0 unspecified atom stereocenters. The van der Waals surface area contributed by atoms with Gasteiger partial charge >= 0.3 is 0 Å². The molecule has 5 nitrogen and oxygen atoms in total. The third kappa shape index (κ3) is 2.53. The van der Waals surface area contributed by atoms with E-state index in [1.54, 1.807) is 6.20 Å². The molecule has 2 rings (SSSR count). The monoisotopic (exact) mass is 227 g/mol. The molecule has 0 aromatic carbocycles. The van der Waals surface area contributed by atoms with Gasteiger partial charge in [0.05, 0.1) is 12.1 Å². The third-order valence-corrected chi connectivity index (χ3v) is 3.10. The van der Waals surface area contributed by atoms with Crippen LogP contribution >= 0.6 is 11.3 Å². The molecule has 2 atom stereocenters. The van der Waals surface area contributed by atoms with E-state index in [2.05, 4.69) is 15.6 Å². The lowest BCUT2D eigenvalue weighted by atomic mass is 10.2. The Labute approximate surface area is 91.5 Å². The number of rotatable bonds is 2. The van der Waals surface area contributed by atoms with Gasteiger partial charge in [0.2, 0.25) is 5.91 Å². The van der Waals surface area contributed by atoms with E-state index in [1.165, 1.54) is 11.3 Å². The van der Waals surface area contributed by atoms with Crippen molar-refractivity contribution in [2.24, 2.45) is 0 Å². The Hall–Kier alpha value is -0.980. The number of β-amino-alcohol motifs (C(OH)–C–C–N with tert-alkyl or cyclic N) is 1. The van der Waals surface area contributed by atoms with Gasteiger partial charge in [-0.25, -0.2) is 4.98 Å². The molecule has 0 spiro atoms. The summed E-state index contributed by atoms with van der Waals surface area (Å²) in [5.74, 6) is -0.124. The molecule has 1 fully saturated rings. The van der Waals surface area contributed by atoms with Gasteiger partial charge in [0, 0.05) is 17.6 Å². The molecule has 1 saturated heterocycles. The Kier molecular flexibility index (Phi) is 2.99. The number of nitrogens with one attached hydrogen (secondary N) is 2. The van der Waals surface area contributed by atoms with E-state index in [0.29, 0.717) is 18.1 Å². The average molecular weight is 227 g/mol. The highest BCUT2D eigenvalue weighted by molar-refractivity contribution is 7.15. The molecule has 0 radical (unpaired) electrons. The highest BCUT2D eigenvalue weighted by Crippen LogP contribution is 2.17. The predicted molar refractivity (Wildman–Crippen MR) is 57.9 cm³/mol. The van der Waals surface area contributed by atoms with Gasteiger partial charge in [-0.2, -0.15) is 0 Å². The van der Waals surface area contributed by atoms with Gasteiger partial charge in [0.25, 0.3) is 0 Å². The molecule has 3 N–H and O–H groups in total. The summed E-state index contributed by atoms with van der Waals surface area (Å²) in [7, 11) is 0. The highest BCUT2D eigenvalue weighted by Gasteiger charge is 2.28. The van der Waals surface area contributed by atoms with Gasteiger partial charge < -0.3 is 15.7 Å². The number of aliphatic hydroxyl groups is 1. The Morgan fingerprint density at radius 1 is 1.80 bits per heavy atom. The minimum absolute atomic E-state index is 0.124. The van der Waals surface area contributed by atoms with Crippen LogP contribution in [0.25, 0.3) is 0 Å². The van der Waals surface area contributed by atoms with E-state index in [1.807, 2.05) is 6.92 Å². The van der Waals surface area contributed by atoms with Crippen LogP contribution in [-0.2, 0) is 4.79 Å². The number of thiazole rings is 1. The van der Waals surface area contributed by atoms with Gasteiger partial charge in [0.15, 0.2) is 5.13 Å². The molecular formula is C9H13N3O2S. The maximum absolute atomic E-state index is 11.7. The van der Waals surface area contributed by atoms with Crippen molar-refractivity contribution < 1.29 is 9.90 Å². The second-order valence-corrected chi connectivity index (χ2v) is 4.85. The zero-order chi connectivity index (χ0) is 10.8. The minimum Gasteiger partial charge on any atom is -0.392 e. The zero-order valence-corrected chi connectivity index (χ0v) is 9.17. The molecule has 1 aromatic rings. The van der Waals surface area contributed by atoms with Gasteiger partial charge in [-0.15, -0.1) is 11.3 Å². The number of aromatic nitrogens is 1. The van der Waals surface area contributed by atoms with Crippen LogP contribution in [-0.4, -0.2) is 34.7 Å². The van der Waals surface area contributed by atoms with E-state index in [0.717, 1.165) is 4.88 Å². The molecule has 1 amide bonds. The maximum Gasteiger partial charge on any atom is 0.243 e. The van der Waals surface area contributed by atoms with Crippen LogP contribution in [0.2, 0.25) is 0 Å². The van der Waals surface area contributed by atoms with Crippen LogP contribution in [0.4, 0.5) is 5.13 Å². The molecule has 0 aliphatic carbocycles. The Morgan fingerprint density at radius 2 is 2.60 bits per heavy atom. The lowest BCUT2D eigenvalue weighted by Crippen LogP contribution is -2.35. The number of hydrogen-bond acceptors (Lipinski definition) is 5. The molecule has 6 heteroatoms.